The molecule has 0 bridgehead atoms. The highest BCUT2D eigenvalue weighted by Crippen LogP contribution is 2.07. The van der Waals surface area contributed by atoms with E-state index in [0.717, 1.165) is 6.07 Å². The summed E-state index contributed by atoms with van der Waals surface area (Å²) < 4.78 is 25.6. The summed E-state index contributed by atoms with van der Waals surface area (Å²) in [6, 6.07) is 3.42. The van der Waals surface area contributed by atoms with Gasteiger partial charge in [-0.05, 0) is 43.6 Å². The third-order valence-corrected chi connectivity index (χ3v) is 2.26. The third kappa shape index (κ3) is 5.97. The Morgan fingerprint density at radius 1 is 1.18 bits per heavy atom. The molecule has 0 saturated heterocycles. The zero-order valence-corrected chi connectivity index (χ0v) is 9.38. The quantitative estimate of drug-likeness (QED) is 0.720. The van der Waals surface area contributed by atoms with Gasteiger partial charge in [0.05, 0.1) is 0 Å². The highest BCUT2D eigenvalue weighted by molar-refractivity contribution is 5.66. The van der Waals surface area contributed by atoms with Crippen molar-refractivity contribution in [2.75, 3.05) is 13.1 Å². The van der Waals surface area contributed by atoms with Gasteiger partial charge in [0.1, 0.15) is 11.6 Å². The van der Waals surface area contributed by atoms with Crippen molar-refractivity contribution in [2.45, 2.75) is 19.3 Å². The summed E-state index contributed by atoms with van der Waals surface area (Å²) in [5.41, 5.74) is 0.591. The molecular formula is C12H15F2NO2. The van der Waals surface area contributed by atoms with Gasteiger partial charge in [-0.1, -0.05) is 0 Å². The number of halogens is 2. The average Bonchev–Trinajstić information content (AvgIpc) is 2.21. The monoisotopic (exact) mass is 243 g/mol. The van der Waals surface area contributed by atoms with E-state index in [4.69, 9.17) is 5.11 Å². The van der Waals surface area contributed by atoms with Crippen molar-refractivity contribution >= 4 is 5.97 Å². The van der Waals surface area contributed by atoms with Crippen molar-refractivity contribution in [1.29, 1.82) is 0 Å². The van der Waals surface area contributed by atoms with Gasteiger partial charge < -0.3 is 10.4 Å². The minimum Gasteiger partial charge on any atom is -0.481 e. The number of hydrogen-bond acceptors (Lipinski definition) is 2. The Bertz CT molecular complexity index is 363. The van der Waals surface area contributed by atoms with Gasteiger partial charge in [0.2, 0.25) is 0 Å². The minimum atomic E-state index is -0.820. The number of carboxylic acid groups (broad SMARTS) is 1. The second kappa shape index (κ2) is 6.96. The van der Waals surface area contributed by atoms with Crippen LogP contribution in [0, 0.1) is 11.6 Å². The van der Waals surface area contributed by atoms with Crippen LogP contribution in [-0.4, -0.2) is 24.2 Å². The molecule has 17 heavy (non-hydrogen) atoms. The summed E-state index contributed by atoms with van der Waals surface area (Å²) in [6.07, 6.45) is 1.19. The first kappa shape index (κ1) is 13.6. The van der Waals surface area contributed by atoms with Gasteiger partial charge in [0.25, 0.3) is 0 Å². The summed E-state index contributed by atoms with van der Waals surface area (Å²) in [5, 5.41) is 11.4. The van der Waals surface area contributed by atoms with E-state index < -0.39 is 17.6 Å². The average molecular weight is 243 g/mol. The topological polar surface area (TPSA) is 49.3 Å². The van der Waals surface area contributed by atoms with Crippen LogP contribution in [0.5, 0.6) is 0 Å². The van der Waals surface area contributed by atoms with E-state index in [2.05, 4.69) is 5.32 Å². The van der Waals surface area contributed by atoms with E-state index in [1.165, 1.54) is 12.1 Å². The van der Waals surface area contributed by atoms with E-state index in [1.807, 2.05) is 0 Å². The second-order valence-corrected chi connectivity index (χ2v) is 3.77. The first-order valence-electron chi connectivity index (χ1n) is 5.45. The van der Waals surface area contributed by atoms with E-state index in [-0.39, 0.29) is 6.42 Å². The molecule has 0 spiro atoms. The van der Waals surface area contributed by atoms with Crippen LogP contribution in [0.15, 0.2) is 18.2 Å². The second-order valence-electron chi connectivity index (χ2n) is 3.77. The molecule has 5 heteroatoms. The van der Waals surface area contributed by atoms with Crippen molar-refractivity contribution in [1.82, 2.24) is 5.32 Å². The van der Waals surface area contributed by atoms with Gasteiger partial charge in [-0.15, -0.1) is 0 Å². The van der Waals surface area contributed by atoms with Crippen LogP contribution >= 0.6 is 0 Å². The highest BCUT2D eigenvalue weighted by Gasteiger charge is 2.00. The maximum absolute atomic E-state index is 12.8. The largest absolute Gasteiger partial charge is 0.481 e. The molecule has 3 nitrogen and oxygen atoms in total. The van der Waals surface area contributed by atoms with Crippen molar-refractivity contribution in [3.8, 4) is 0 Å². The Balaban J connectivity index is 2.20. The van der Waals surface area contributed by atoms with Gasteiger partial charge >= 0.3 is 5.97 Å². The number of aliphatic carboxylic acids is 1. The Morgan fingerprint density at radius 2 is 1.82 bits per heavy atom. The molecule has 94 valence electrons. The highest BCUT2D eigenvalue weighted by atomic mass is 19.1. The van der Waals surface area contributed by atoms with Gasteiger partial charge in [-0.3, -0.25) is 4.79 Å². The van der Waals surface area contributed by atoms with Crippen molar-refractivity contribution in [3.63, 3.8) is 0 Å². The molecule has 0 aliphatic heterocycles. The maximum atomic E-state index is 12.8. The predicted molar refractivity (Wildman–Crippen MR) is 59.8 cm³/mol. The predicted octanol–water partition coefficient (Wildman–Crippen LogP) is 1.96. The van der Waals surface area contributed by atoms with Gasteiger partial charge in [-0.25, -0.2) is 8.78 Å². The molecular weight excluding hydrogens is 228 g/mol. The normalized spacial score (nSPS) is 10.5. The van der Waals surface area contributed by atoms with Gasteiger partial charge in [0, 0.05) is 12.5 Å². The molecule has 0 aliphatic carbocycles. The zero-order chi connectivity index (χ0) is 12.7. The molecule has 0 heterocycles. The van der Waals surface area contributed by atoms with Crippen LogP contribution in [0.3, 0.4) is 0 Å². The maximum Gasteiger partial charge on any atom is 0.303 e. The SMILES string of the molecule is O=C(O)CCCNCCc1cc(F)cc(F)c1. The number of hydrogen-bond donors (Lipinski definition) is 2. The summed E-state index contributed by atoms with van der Waals surface area (Å²) in [6.45, 7) is 1.16. The third-order valence-electron chi connectivity index (χ3n) is 2.26. The molecule has 1 aromatic carbocycles. The van der Waals surface area contributed by atoms with Crippen LogP contribution in [0.2, 0.25) is 0 Å². The van der Waals surface area contributed by atoms with Crippen LogP contribution < -0.4 is 5.32 Å². The lowest BCUT2D eigenvalue weighted by Gasteiger charge is -2.04. The summed E-state index contributed by atoms with van der Waals surface area (Å²) in [7, 11) is 0. The van der Waals surface area contributed by atoms with Crippen LogP contribution in [0.25, 0.3) is 0 Å². The lowest BCUT2D eigenvalue weighted by Crippen LogP contribution is -2.19. The fraction of sp³-hybridized carbons (Fsp3) is 0.417. The lowest BCUT2D eigenvalue weighted by molar-refractivity contribution is -0.137. The number of carbonyl (C=O) groups is 1. The Labute approximate surface area is 98.5 Å². The Hall–Kier alpha value is -1.49. The number of rotatable bonds is 7. The summed E-state index contributed by atoms with van der Waals surface area (Å²) in [4.78, 5) is 10.2. The summed E-state index contributed by atoms with van der Waals surface area (Å²) in [5.74, 6) is -1.98. The lowest BCUT2D eigenvalue weighted by atomic mass is 10.1. The smallest absolute Gasteiger partial charge is 0.303 e. The van der Waals surface area contributed by atoms with E-state index in [1.54, 1.807) is 0 Å². The molecule has 0 saturated carbocycles. The number of nitrogens with one attached hydrogen (secondary N) is 1. The number of benzene rings is 1. The molecule has 0 atom stereocenters. The van der Waals surface area contributed by atoms with Gasteiger partial charge in [-0.2, -0.15) is 0 Å². The fourth-order valence-electron chi connectivity index (χ4n) is 1.48. The van der Waals surface area contributed by atoms with Crippen LogP contribution in [0.4, 0.5) is 8.78 Å². The van der Waals surface area contributed by atoms with E-state index in [9.17, 15) is 13.6 Å². The van der Waals surface area contributed by atoms with E-state index in [0.29, 0.717) is 31.5 Å². The first-order valence-corrected chi connectivity index (χ1v) is 5.45. The molecule has 0 fully saturated rings. The summed E-state index contributed by atoms with van der Waals surface area (Å²) >= 11 is 0. The van der Waals surface area contributed by atoms with Crippen molar-refractivity contribution < 1.29 is 18.7 Å². The molecule has 0 amide bonds. The molecule has 0 radical (unpaired) electrons. The van der Waals surface area contributed by atoms with Crippen LogP contribution in [-0.2, 0) is 11.2 Å². The van der Waals surface area contributed by atoms with Crippen molar-refractivity contribution in [3.05, 3.63) is 35.4 Å². The fourth-order valence-corrected chi connectivity index (χ4v) is 1.48. The molecule has 2 N–H and O–H groups in total. The standard InChI is InChI=1S/C12H15F2NO2/c13-10-6-9(7-11(14)8-10)3-5-15-4-1-2-12(16)17/h6-8,15H,1-5H2,(H,16,17). The number of carboxylic acids is 1. The molecule has 0 unspecified atom stereocenters. The molecule has 1 rings (SSSR count). The van der Waals surface area contributed by atoms with Crippen LogP contribution in [0.1, 0.15) is 18.4 Å². The molecule has 1 aromatic rings. The first-order chi connectivity index (χ1) is 8.08. The Kier molecular flexibility index (Phi) is 5.56. The molecule has 0 aromatic heterocycles. The Morgan fingerprint density at radius 3 is 2.41 bits per heavy atom. The molecule has 0 aliphatic rings. The van der Waals surface area contributed by atoms with Gasteiger partial charge in [0.15, 0.2) is 0 Å². The van der Waals surface area contributed by atoms with E-state index >= 15 is 0 Å². The minimum absolute atomic E-state index is 0.127. The zero-order valence-electron chi connectivity index (χ0n) is 9.38. The van der Waals surface area contributed by atoms with Crippen molar-refractivity contribution in [2.24, 2.45) is 0 Å².